The van der Waals surface area contributed by atoms with Crippen LogP contribution in [-0.4, -0.2) is 65.7 Å². The van der Waals surface area contributed by atoms with Gasteiger partial charge in [0.15, 0.2) is 5.78 Å². The van der Waals surface area contributed by atoms with Gasteiger partial charge in [0.05, 0.1) is 11.4 Å². The van der Waals surface area contributed by atoms with E-state index in [4.69, 9.17) is 0 Å². The van der Waals surface area contributed by atoms with Crippen LogP contribution in [0.4, 0.5) is 0 Å². The third kappa shape index (κ3) is 4.56. The molecule has 1 N–H and O–H groups in total. The first-order valence-corrected chi connectivity index (χ1v) is 11.0. The smallest absolute Gasteiger partial charge is 0.246 e. The molecule has 2 aromatic rings. The van der Waals surface area contributed by atoms with Gasteiger partial charge in [-0.2, -0.15) is 9.40 Å². The minimum atomic E-state index is -3.65. The number of ketones is 1. The normalized spacial score (nSPS) is 15.5. The van der Waals surface area contributed by atoms with Crippen LogP contribution in [0.1, 0.15) is 40.2 Å². The summed E-state index contributed by atoms with van der Waals surface area (Å²) >= 11 is 0. The van der Waals surface area contributed by atoms with E-state index in [0.29, 0.717) is 30.0 Å². The Morgan fingerprint density at radius 3 is 2.17 bits per heavy atom. The summed E-state index contributed by atoms with van der Waals surface area (Å²) in [7, 11) is -3.65. The molecule has 1 saturated heterocycles. The number of carbonyl (C=O) groups excluding carboxylic acids is 2. The topological polar surface area (TPSA) is 103 Å². The Labute approximate surface area is 170 Å². The zero-order chi connectivity index (χ0) is 21.2. The van der Waals surface area contributed by atoms with E-state index in [2.05, 4.69) is 10.2 Å². The predicted octanol–water partition coefficient (Wildman–Crippen LogP) is 1.83. The van der Waals surface area contributed by atoms with Crippen LogP contribution in [0.2, 0.25) is 0 Å². The van der Waals surface area contributed by atoms with Gasteiger partial charge in [0, 0.05) is 44.6 Å². The lowest BCUT2D eigenvalue weighted by Crippen LogP contribution is -2.50. The number of nitrogens with one attached hydrogen (secondary N) is 1. The molecule has 156 valence electrons. The fraction of sp³-hybridized carbons (Fsp3) is 0.450. The zero-order valence-corrected chi connectivity index (χ0v) is 17.8. The van der Waals surface area contributed by atoms with Crippen LogP contribution in [-0.2, 0) is 14.8 Å². The molecule has 1 fully saturated rings. The van der Waals surface area contributed by atoms with Gasteiger partial charge < -0.3 is 4.90 Å². The summed E-state index contributed by atoms with van der Waals surface area (Å²) in [6, 6.07) is 7.29. The fourth-order valence-corrected chi connectivity index (χ4v) is 5.24. The largest absolute Gasteiger partial charge is 0.340 e. The summed E-state index contributed by atoms with van der Waals surface area (Å²) in [5.41, 5.74) is 2.63. The van der Waals surface area contributed by atoms with Crippen LogP contribution in [0.25, 0.3) is 0 Å². The van der Waals surface area contributed by atoms with Gasteiger partial charge in [-0.25, -0.2) is 8.42 Å². The Hall–Kier alpha value is -2.52. The van der Waals surface area contributed by atoms with Gasteiger partial charge in [0.2, 0.25) is 15.9 Å². The van der Waals surface area contributed by atoms with Crippen molar-refractivity contribution in [3.05, 3.63) is 46.8 Å². The highest BCUT2D eigenvalue weighted by Crippen LogP contribution is 2.23. The molecular weight excluding hydrogens is 392 g/mol. The lowest BCUT2D eigenvalue weighted by molar-refractivity contribution is -0.132. The predicted molar refractivity (Wildman–Crippen MR) is 108 cm³/mol. The Kier molecular flexibility index (Phi) is 6.18. The maximum Gasteiger partial charge on any atom is 0.246 e. The molecule has 1 aliphatic rings. The Morgan fingerprint density at radius 2 is 1.62 bits per heavy atom. The summed E-state index contributed by atoms with van der Waals surface area (Å²) < 4.78 is 27.1. The molecule has 2 heterocycles. The first-order valence-electron chi connectivity index (χ1n) is 9.59. The van der Waals surface area contributed by atoms with Gasteiger partial charge in [-0.05, 0) is 20.8 Å². The summed E-state index contributed by atoms with van der Waals surface area (Å²) in [5.74, 6) is -0.191. The molecule has 3 rings (SSSR count). The molecule has 1 aliphatic heterocycles. The Morgan fingerprint density at radius 1 is 1.00 bits per heavy atom. The number of aromatic nitrogens is 2. The number of aromatic amines is 1. The number of carbonyl (C=O) groups is 2. The van der Waals surface area contributed by atoms with Crippen molar-refractivity contribution in [1.82, 2.24) is 19.4 Å². The van der Waals surface area contributed by atoms with Crippen LogP contribution in [0, 0.1) is 20.8 Å². The lowest BCUT2D eigenvalue weighted by Gasteiger charge is -2.34. The SMILES string of the molecule is Cc1ccc(C(=O)CCC(=O)N2CCN(S(=O)(=O)c3c(C)n[nH]c3C)CC2)cc1. The summed E-state index contributed by atoms with van der Waals surface area (Å²) in [6.45, 7) is 6.36. The highest BCUT2D eigenvalue weighted by atomic mass is 32.2. The summed E-state index contributed by atoms with van der Waals surface area (Å²) in [5, 5.41) is 6.66. The van der Waals surface area contributed by atoms with Gasteiger partial charge >= 0.3 is 0 Å². The van der Waals surface area contributed by atoms with Crippen molar-refractivity contribution in [3.63, 3.8) is 0 Å². The van der Waals surface area contributed by atoms with Gasteiger partial charge in [0.1, 0.15) is 4.90 Å². The van der Waals surface area contributed by atoms with Crippen LogP contribution >= 0.6 is 0 Å². The van der Waals surface area contributed by atoms with E-state index in [1.54, 1.807) is 30.9 Å². The maximum atomic E-state index is 12.9. The lowest BCUT2D eigenvalue weighted by atomic mass is 10.0. The summed E-state index contributed by atoms with van der Waals surface area (Å²) in [6.07, 6.45) is 0.271. The molecule has 0 spiro atoms. The molecule has 0 radical (unpaired) electrons. The minimum absolute atomic E-state index is 0.0644. The van der Waals surface area contributed by atoms with E-state index in [9.17, 15) is 18.0 Å². The van der Waals surface area contributed by atoms with Crippen molar-refractivity contribution in [2.75, 3.05) is 26.2 Å². The zero-order valence-electron chi connectivity index (χ0n) is 16.9. The molecule has 1 amide bonds. The monoisotopic (exact) mass is 418 g/mol. The van der Waals surface area contributed by atoms with Crippen LogP contribution in [0.3, 0.4) is 0 Å². The van der Waals surface area contributed by atoms with E-state index in [0.717, 1.165) is 5.56 Å². The Bertz CT molecular complexity index is 984. The van der Waals surface area contributed by atoms with Gasteiger partial charge in [-0.15, -0.1) is 0 Å². The number of piperazine rings is 1. The number of hydrogen-bond donors (Lipinski definition) is 1. The summed E-state index contributed by atoms with van der Waals surface area (Å²) in [4.78, 5) is 26.6. The number of amides is 1. The molecule has 0 aliphatic carbocycles. The third-order valence-electron chi connectivity index (χ3n) is 5.19. The third-order valence-corrected chi connectivity index (χ3v) is 7.35. The number of hydrogen-bond acceptors (Lipinski definition) is 5. The maximum absolute atomic E-state index is 12.9. The van der Waals surface area contributed by atoms with E-state index < -0.39 is 10.0 Å². The average molecular weight is 419 g/mol. The van der Waals surface area contributed by atoms with Crippen LogP contribution in [0.15, 0.2) is 29.2 Å². The first-order chi connectivity index (χ1) is 13.7. The number of H-pyrrole nitrogens is 1. The van der Waals surface area contributed by atoms with Crippen molar-refractivity contribution in [3.8, 4) is 0 Å². The quantitative estimate of drug-likeness (QED) is 0.721. The molecular formula is C20H26N4O4S. The number of rotatable bonds is 6. The second-order valence-electron chi connectivity index (χ2n) is 7.34. The van der Waals surface area contributed by atoms with Gasteiger partial charge in [0.25, 0.3) is 0 Å². The van der Waals surface area contributed by atoms with Crippen molar-refractivity contribution in [1.29, 1.82) is 0 Å². The molecule has 9 heteroatoms. The minimum Gasteiger partial charge on any atom is -0.340 e. The van der Waals surface area contributed by atoms with E-state index in [-0.39, 0.29) is 42.5 Å². The molecule has 0 unspecified atom stereocenters. The van der Waals surface area contributed by atoms with E-state index >= 15 is 0 Å². The number of benzene rings is 1. The molecule has 1 aromatic carbocycles. The highest BCUT2D eigenvalue weighted by Gasteiger charge is 2.33. The molecule has 0 saturated carbocycles. The van der Waals surface area contributed by atoms with Crippen molar-refractivity contribution in [2.45, 2.75) is 38.5 Å². The highest BCUT2D eigenvalue weighted by molar-refractivity contribution is 7.89. The van der Waals surface area contributed by atoms with Crippen molar-refractivity contribution in [2.24, 2.45) is 0 Å². The molecule has 0 atom stereocenters. The van der Waals surface area contributed by atoms with Gasteiger partial charge in [-0.3, -0.25) is 14.7 Å². The number of Topliss-reactive ketones (excluding diaryl/α,β-unsaturated/α-hetero) is 1. The average Bonchev–Trinajstić information content (AvgIpc) is 3.05. The van der Waals surface area contributed by atoms with Crippen molar-refractivity contribution >= 4 is 21.7 Å². The van der Waals surface area contributed by atoms with E-state index in [1.807, 2.05) is 19.1 Å². The molecule has 8 nitrogen and oxygen atoms in total. The number of aryl methyl sites for hydroxylation is 3. The number of sulfonamides is 1. The second-order valence-corrected chi connectivity index (χ2v) is 9.21. The van der Waals surface area contributed by atoms with Crippen molar-refractivity contribution < 1.29 is 18.0 Å². The fourth-order valence-electron chi connectivity index (χ4n) is 3.49. The molecule has 29 heavy (non-hydrogen) atoms. The second kappa shape index (κ2) is 8.46. The van der Waals surface area contributed by atoms with E-state index in [1.165, 1.54) is 4.31 Å². The first kappa shape index (κ1) is 21.2. The van der Waals surface area contributed by atoms with Crippen LogP contribution in [0.5, 0.6) is 0 Å². The standard InChI is InChI=1S/C20H26N4O4S/c1-14-4-6-17(7-5-14)18(25)8-9-19(26)23-10-12-24(13-11-23)29(27,28)20-15(2)21-22-16(20)3/h4-7H,8-13H2,1-3H3,(H,21,22). The molecule has 0 bridgehead atoms. The van der Waals surface area contributed by atoms with Crippen LogP contribution < -0.4 is 0 Å². The Balaban J connectivity index is 1.54. The molecule has 1 aromatic heterocycles. The van der Waals surface area contributed by atoms with Gasteiger partial charge in [-0.1, -0.05) is 29.8 Å². The number of nitrogens with zero attached hydrogens (tertiary/aromatic N) is 3.